The first-order chi connectivity index (χ1) is 8.20. The van der Waals surface area contributed by atoms with Gasteiger partial charge in [-0.1, -0.05) is 12.8 Å². The third kappa shape index (κ3) is 3.77. The zero-order valence-corrected chi connectivity index (χ0v) is 13.6. The van der Waals surface area contributed by atoms with Crippen LogP contribution >= 0.6 is 43.2 Å². The largest absolute Gasteiger partial charge is 0.396 e. The normalized spacial score (nSPS) is 25.1. The van der Waals surface area contributed by atoms with Crippen LogP contribution in [0.25, 0.3) is 0 Å². The molecular weight excluding hydrogens is 366 g/mol. The van der Waals surface area contributed by atoms with Gasteiger partial charge in [0.05, 0.1) is 3.79 Å². The van der Waals surface area contributed by atoms with E-state index in [1.54, 1.807) is 11.3 Å². The topological polar surface area (TPSA) is 32.3 Å². The van der Waals surface area contributed by atoms with E-state index in [4.69, 9.17) is 0 Å². The fourth-order valence-electron chi connectivity index (χ4n) is 2.41. The van der Waals surface area contributed by atoms with Gasteiger partial charge in [0.25, 0.3) is 0 Å². The van der Waals surface area contributed by atoms with Gasteiger partial charge in [0, 0.05) is 28.5 Å². The van der Waals surface area contributed by atoms with Gasteiger partial charge >= 0.3 is 0 Å². The number of hydrogen-bond acceptors (Lipinski definition) is 3. The van der Waals surface area contributed by atoms with E-state index in [0.717, 1.165) is 21.2 Å². The standard InChI is InChI=1S/C12H17Br2NOS/c13-10-5-9(17-12(10)14)6-15-11-4-2-1-3-8(11)7-16/h5,8,11,15-16H,1-4,6-7H2. The minimum absolute atomic E-state index is 0.315. The average molecular weight is 383 g/mol. The Labute approximate surface area is 123 Å². The van der Waals surface area contributed by atoms with E-state index in [0.29, 0.717) is 18.6 Å². The number of aliphatic hydroxyl groups is 1. The molecule has 1 saturated carbocycles. The Morgan fingerprint density at radius 2 is 2.12 bits per heavy atom. The maximum Gasteiger partial charge on any atom is 0.0843 e. The average Bonchev–Trinajstić information content (AvgIpc) is 2.66. The van der Waals surface area contributed by atoms with Crippen LogP contribution in [0, 0.1) is 5.92 Å². The van der Waals surface area contributed by atoms with Gasteiger partial charge in [-0.2, -0.15) is 0 Å². The Balaban J connectivity index is 1.88. The fraction of sp³-hybridized carbons (Fsp3) is 0.667. The van der Waals surface area contributed by atoms with Crippen LogP contribution in [0.1, 0.15) is 30.6 Å². The second-order valence-electron chi connectivity index (χ2n) is 4.55. The number of halogens is 2. The molecule has 2 unspecified atom stereocenters. The summed E-state index contributed by atoms with van der Waals surface area (Å²) >= 11 is 8.77. The van der Waals surface area contributed by atoms with Crippen LogP contribution in [0.15, 0.2) is 14.3 Å². The van der Waals surface area contributed by atoms with Crippen LogP contribution in [0.3, 0.4) is 0 Å². The van der Waals surface area contributed by atoms with Crippen molar-refractivity contribution in [3.05, 3.63) is 19.2 Å². The summed E-state index contributed by atoms with van der Waals surface area (Å²) in [4.78, 5) is 1.33. The molecular formula is C12H17Br2NOS. The van der Waals surface area contributed by atoms with E-state index in [1.165, 1.54) is 24.1 Å². The molecule has 1 aromatic heterocycles. The number of rotatable bonds is 4. The lowest BCUT2D eigenvalue weighted by Crippen LogP contribution is -2.39. The maximum atomic E-state index is 9.35. The predicted octanol–water partition coefficient (Wildman–Crippen LogP) is 3.91. The Hall–Kier alpha value is 0.580. The Morgan fingerprint density at radius 1 is 1.35 bits per heavy atom. The molecule has 2 rings (SSSR count). The van der Waals surface area contributed by atoms with E-state index in [2.05, 4.69) is 43.2 Å². The highest BCUT2D eigenvalue weighted by molar-refractivity contribution is 9.13. The molecule has 0 saturated heterocycles. The Bertz CT molecular complexity index is 350. The molecule has 1 aromatic rings. The van der Waals surface area contributed by atoms with E-state index in [9.17, 15) is 5.11 Å². The quantitative estimate of drug-likeness (QED) is 0.827. The van der Waals surface area contributed by atoms with Crippen LogP contribution in [-0.2, 0) is 6.54 Å². The van der Waals surface area contributed by atoms with Crippen molar-refractivity contribution in [3.8, 4) is 0 Å². The van der Waals surface area contributed by atoms with E-state index in [1.807, 2.05) is 0 Å². The summed E-state index contributed by atoms with van der Waals surface area (Å²) in [5.74, 6) is 0.440. The zero-order chi connectivity index (χ0) is 12.3. The van der Waals surface area contributed by atoms with Crippen LogP contribution in [-0.4, -0.2) is 17.8 Å². The van der Waals surface area contributed by atoms with Gasteiger partial charge in [0.15, 0.2) is 0 Å². The second-order valence-corrected chi connectivity index (χ2v) is 7.86. The molecule has 1 fully saturated rings. The molecule has 2 N–H and O–H groups in total. The molecule has 2 nitrogen and oxygen atoms in total. The van der Waals surface area contributed by atoms with Crippen LogP contribution < -0.4 is 5.32 Å². The van der Waals surface area contributed by atoms with Crippen molar-refractivity contribution in [2.75, 3.05) is 6.61 Å². The van der Waals surface area contributed by atoms with Gasteiger partial charge in [0.2, 0.25) is 0 Å². The first-order valence-electron chi connectivity index (χ1n) is 5.98. The van der Waals surface area contributed by atoms with Gasteiger partial charge in [-0.05, 0) is 56.7 Å². The summed E-state index contributed by atoms with van der Waals surface area (Å²) in [6, 6.07) is 2.63. The van der Waals surface area contributed by atoms with Crippen molar-refractivity contribution in [2.24, 2.45) is 5.92 Å². The summed E-state index contributed by atoms with van der Waals surface area (Å²) < 4.78 is 2.28. The molecule has 2 atom stereocenters. The third-order valence-corrected chi connectivity index (χ3v) is 6.63. The first-order valence-corrected chi connectivity index (χ1v) is 8.39. The minimum Gasteiger partial charge on any atom is -0.396 e. The first kappa shape index (κ1) is 14.0. The molecule has 0 radical (unpaired) electrons. The van der Waals surface area contributed by atoms with Crippen LogP contribution in [0.2, 0.25) is 0 Å². The molecule has 0 bridgehead atoms. The lowest BCUT2D eigenvalue weighted by atomic mass is 9.85. The van der Waals surface area contributed by atoms with Crippen molar-refractivity contribution >= 4 is 43.2 Å². The molecule has 0 amide bonds. The number of nitrogens with one attached hydrogen (secondary N) is 1. The molecule has 0 spiro atoms. The molecule has 17 heavy (non-hydrogen) atoms. The number of hydrogen-bond donors (Lipinski definition) is 2. The van der Waals surface area contributed by atoms with Gasteiger partial charge in [-0.3, -0.25) is 0 Å². The van der Waals surface area contributed by atoms with Gasteiger partial charge < -0.3 is 10.4 Å². The van der Waals surface area contributed by atoms with Crippen molar-refractivity contribution < 1.29 is 5.11 Å². The minimum atomic E-state index is 0.315. The van der Waals surface area contributed by atoms with Crippen molar-refractivity contribution in [1.82, 2.24) is 5.32 Å². The highest BCUT2D eigenvalue weighted by atomic mass is 79.9. The van der Waals surface area contributed by atoms with Gasteiger partial charge in [-0.15, -0.1) is 11.3 Å². The molecule has 1 heterocycles. The second kappa shape index (κ2) is 6.66. The van der Waals surface area contributed by atoms with Crippen LogP contribution in [0.4, 0.5) is 0 Å². The summed E-state index contributed by atoms with van der Waals surface area (Å²) in [7, 11) is 0. The van der Waals surface area contributed by atoms with E-state index < -0.39 is 0 Å². The molecule has 0 aliphatic heterocycles. The van der Waals surface area contributed by atoms with Crippen molar-refractivity contribution in [1.29, 1.82) is 0 Å². The summed E-state index contributed by atoms with van der Waals surface area (Å²) in [5, 5.41) is 12.9. The highest BCUT2D eigenvalue weighted by Crippen LogP contribution is 2.32. The molecule has 96 valence electrons. The Morgan fingerprint density at radius 3 is 2.76 bits per heavy atom. The van der Waals surface area contributed by atoms with E-state index >= 15 is 0 Å². The molecule has 1 aliphatic carbocycles. The number of thiophene rings is 1. The summed E-state index contributed by atoms with van der Waals surface area (Å²) in [5.41, 5.74) is 0. The van der Waals surface area contributed by atoms with Gasteiger partial charge in [0.1, 0.15) is 0 Å². The highest BCUT2D eigenvalue weighted by Gasteiger charge is 2.23. The SMILES string of the molecule is OCC1CCCCC1NCc1cc(Br)c(Br)s1. The monoisotopic (exact) mass is 381 g/mol. The smallest absolute Gasteiger partial charge is 0.0843 e. The zero-order valence-electron chi connectivity index (χ0n) is 9.59. The lowest BCUT2D eigenvalue weighted by molar-refractivity contribution is 0.152. The Kier molecular flexibility index (Phi) is 5.49. The molecule has 1 aliphatic rings. The third-order valence-electron chi connectivity index (χ3n) is 3.38. The lowest BCUT2D eigenvalue weighted by Gasteiger charge is -2.30. The van der Waals surface area contributed by atoms with E-state index in [-0.39, 0.29) is 0 Å². The fourth-order valence-corrected chi connectivity index (χ4v) is 4.53. The van der Waals surface area contributed by atoms with Gasteiger partial charge in [-0.25, -0.2) is 0 Å². The van der Waals surface area contributed by atoms with Crippen molar-refractivity contribution in [2.45, 2.75) is 38.3 Å². The molecule has 0 aromatic carbocycles. The molecule has 5 heteroatoms. The van der Waals surface area contributed by atoms with Crippen LogP contribution in [0.5, 0.6) is 0 Å². The number of aliphatic hydroxyl groups excluding tert-OH is 1. The predicted molar refractivity (Wildman–Crippen MR) is 79.4 cm³/mol. The van der Waals surface area contributed by atoms with Crippen molar-refractivity contribution in [3.63, 3.8) is 0 Å². The summed E-state index contributed by atoms with van der Waals surface area (Å²) in [6.45, 7) is 1.21. The maximum absolute atomic E-state index is 9.35. The summed E-state index contributed by atoms with van der Waals surface area (Å²) in [6.07, 6.45) is 4.90.